The number of aromatic nitrogens is 1. The Labute approximate surface area is 98.3 Å². The Bertz CT molecular complexity index is 404. The first-order chi connectivity index (χ1) is 7.64. The van der Waals surface area contributed by atoms with Crippen molar-refractivity contribution < 1.29 is 33.0 Å². The van der Waals surface area contributed by atoms with E-state index in [0.29, 0.717) is 4.90 Å². The van der Waals surface area contributed by atoms with Gasteiger partial charge in [-0.3, -0.25) is 0 Å². The Morgan fingerprint density at radius 3 is 1.94 bits per heavy atom. The zero-order valence-electron chi connectivity index (χ0n) is 7.97. The Morgan fingerprint density at radius 1 is 1.24 bits per heavy atom. The predicted molar refractivity (Wildman–Crippen MR) is 52.1 cm³/mol. The van der Waals surface area contributed by atoms with Gasteiger partial charge in [0.05, 0.1) is 0 Å². The summed E-state index contributed by atoms with van der Waals surface area (Å²) in [4.78, 5) is 23.4. The van der Waals surface area contributed by atoms with Crippen LogP contribution >= 0.6 is 12.6 Å². The Kier molecular flexibility index (Phi) is 5.45. The fourth-order valence-electron chi connectivity index (χ4n) is 0.513. The first-order valence-electron chi connectivity index (χ1n) is 3.83. The number of alkyl halides is 3. The maximum Gasteiger partial charge on any atom is 0.490 e. The van der Waals surface area contributed by atoms with Gasteiger partial charge in [-0.05, 0) is 12.1 Å². The molecular formula is C8H6F3NO4S. The van der Waals surface area contributed by atoms with Crippen LogP contribution in [-0.2, 0) is 4.79 Å². The minimum absolute atomic E-state index is 0.0396. The number of carbonyl (C=O) groups is 2. The third-order valence-electron chi connectivity index (χ3n) is 1.21. The molecule has 0 spiro atoms. The lowest BCUT2D eigenvalue weighted by Crippen LogP contribution is -2.21. The molecule has 5 nitrogen and oxygen atoms in total. The smallest absolute Gasteiger partial charge is 0.477 e. The number of aromatic carboxylic acids is 1. The van der Waals surface area contributed by atoms with E-state index in [4.69, 9.17) is 15.0 Å². The van der Waals surface area contributed by atoms with E-state index < -0.39 is 18.1 Å². The number of carboxylic acid groups (broad SMARTS) is 2. The number of nitrogens with zero attached hydrogens (tertiary/aromatic N) is 1. The van der Waals surface area contributed by atoms with Crippen molar-refractivity contribution in [2.75, 3.05) is 0 Å². The zero-order chi connectivity index (χ0) is 13.6. The van der Waals surface area contributed by atoms with Crippen LogP contribution in [0.15, 0.2) is 23.2 Å². The minimum Gasteiger partial charge on any atom is -0.477 e. The summed E-state index contributed by atoms with van der Waals surface area (Å²) in [7, 11) is 0. The van der Waals surface area contributed by atoms with Crippen molar-refractivity contribution in [3.05, 3.63) is 24.0 Å². The van der Waals surface area contributed by atoms with E-state index >= 15 is 0 Å². The van der Waals surface area contributed by atoms with Crippen molar-refractivity contribution >= 4 is 24.6 Å². The van der Waals surface area contributed by atoms with Crippen LogP contribution < -0.4 is 0 Å². The molecule has 0 aliphatic heterocycles. The number of hydrogen-bond acceptors (Lipinski definition) is 4. The fourth-order valence-corrected chi connectivity index (χ4v) is 0.645. The van der Waals surface area contributed by atoms with Crippen LogP contribution in [0.3, 0.4) is 0 Å². The van der Waals surface area contributed by atoms with Gasteiger partial charge in [-0.2, -0.15) is 13.2 Å². The molecule has 0 amide bonds. The van der Waals surface area contributed by atoms with Crippen molar-refractivity contribution in [3.8, 4) is 0 Å². The largest absolute Gasteiger partial charge is 0.490 e. The van der Waals surface area contributed by atoms with Gasteiger partial charge in [0.1, 0.15) is 5.69 Å². The molecule has 0 aliphatic rings. The Morgan fingerprint density at radius 2 is 1.71 bits per heavy atom. The average Bonchev–Trinajstić information content (AvgIpc) is 2.17. The van der Waals surface area contributed by atoms with Gasteiger partial charge in [0.25, 0.3) is 0 Å². The second-order valence-corrected chi connectivity index (χ2v) is 3.03. The lowest BCUT2D eigenvalue weighted by Gasteiger charge is -1.93. The van der Waals surface area contributed by atoms with Crippen molar-refractivity contribution in [1.82, 2.24) is 4.98 Å². The van der Waals surface area contributed by atoms with E-state index in [1.54, 1.807) is 6.07 Å². The average molecular weight is 269 g/mol. The predicted octanol–water partition coefficient (Wildman–Crippen LogP) is 1.70. The summed E-state index contributed by atoms with van der Waals surface area (Å²) < 4.78 is 31.7. The second kappa shape index (κ2) is 6.09. The third kappa shape index (κ3) is 6.40. The van der Waals surface area contributed by atoms with Gasteiger partial charge in [-0.25, -0.2) is 14.6 Å². The topological polar surface area (TPSA) is 87.5 Å². The Balaban J connectivity index is 0.000000325. The zero-order valence-corrected chi connectivity index (χ0v) is 8.87. The molecule has 0 radical (unpaired) electrons. The van der Waals surface area contributed by atoms with E-state index in [-0.39, 0.29) is 5.69 Å². The number of halogens is 3. The van der Waals surface area contributed by atoms with Crippen molar-refractivity contribution in [2.45, 2.75) is 11.1 Å². The van der Waals surface area contributed by atoms with Crippen LogP contribution in [-0.4, -0.2) is 33.3 Å². The quantitative estimate of drug-likeness (QED) is 0.675. The molecule has 2 N–H and O–H groups in total. The molecule has 0 bridgehead atoms. The van der Waals surface area contributed by atoms with Gasteiger partial charge >= 0.3 is 18.1 Å². The summed E-state index contributed by atoms with van der Waals surface area (Å²) in [5, 5.41) is 15.5. The molecule has 0 fully saturated rings. The first kappa shape index (κ1) is 15.2. The van der Waals surface area contributed by atoms with Crippen LogP contribution in [0.2, 0.25) is 0 Å². The van der Waals surface area contributed by atoms with E-state index in [1.807, 2.05) is 0 Å². The standard InChI is InChI=1S/C6H5NO2S.C2HF3O2/c8-6(9)5-2-1-4(10)3-7-5;3-2(4,5)1(6)7/h1-3,10H,(H,8,9);(H,6,7). The lowest BCUT2D eigenvalue weighted by atomic mass is 10.4. The molecule has 0 unspecified atom stereocenters. The fraction of sp³-hybridized carbons (Fsp3) is 0.125. The van der Waals surface area contributed by atoms with Gasteiger partial charge in [0.2, 0.25) is 0 Å². The molecule has 1 aromatic heterocycles. The third-order valence-corrected chi connectivity index (χ3v) is 1.47. The van der Waals surface area contributed by atoms with Crippen LogP contribution in [0, 0.1) is 0 Å². The molecule has 17 heavy (non-hydrogen) atoms. The molecule has 0 saturated heterocycles. The molecule has 0 saturated carbocycles. The van der Waals surface area contributed by atoms with Crippen molar-refractivity contribution in [1.29, 1.82) is 0 Å². The summed E-state index contributed by atoms with van der Waals surface area (Å²) in [6, 6.07) is 2.99. The van der Waals surface area contributed by atoms with Crippen LogP contribution in [0.4, 0.5) is 13.2 Å². The van der Waals surface area contributed by atoms with E-state index in [0.717, 1.165) is 0 Å². The number of carboxylic acids is 2. The van der Waals surface area contributed by atoms with Gasteiger partial charge in [-0.15, -0.1) is 12.6 Å². The lowest BCUT2D eigenvalue weighted by molar-refractivity contribution is -0.192. The highest BCUT2D eigenvalue weighted by molar-refractivity contribution is 7.80. The summed E-state index contributed by atoms with van der Waals surface area (Å²) in [6.07, 6.45) is -3.69. The molecule has 9 heteroatoms. The SMILES string of the molecule is O=C(O)C(F)(F)F.O=C(O)c1ccc(S)cn1. The second-order valence-electron chi connectivity index (χ2n) is 2.51. The Hall–Kier alpha value is -1.77. The summed E-state index contributed by atoms with van der Waals surface area (Å²) in [6.45, 7) is 0. The number of thiol groups is 1. The number of rotatable bonds is 1. The highest BCUT2D eigenvalue weighted by Gasteiger charge is 2.38. The van der Waals surface area contributed by atoms with Gasteiger partial charge < -0.3 is 10.2 Å². The van der Waals surface area contributed by atoms with Crippen LogP contribution in [0.1, 0.15) is 10.5 Å². The van der Waals surface area contributed by atoms with Gasteiger partial charge in [0, 0.05) is 11.1 Å². The minimum atomic E-state index is -5.08. The number of pyridine rings is 1. The highest BCUT2D eigenvalue weighted by atomic mass is 32.1. The van der Waals surface area contributed by atoms with E-state index in [1.165, 1.54) is 12.3 Å². The number of aliphatic carboxylic acids is 1. The molecule has 1 rings (SSSR count). The molecule has 0 aromatic carbocycles. The molecular weight excluding hydrogens is 263 g/mol. The van der Waals surface area contributed by atoms with Crippen LogP contribution in [0.25, 0.3) is 0 Å². The maximum absolute atomic E-state index is 10.6. The van der Waals surface area contributed by atoms with Crippen LogP contribution in [0.5, 0.6) is 0 Å². The maximum atomic E-state index is 10.6. The molecule has 1 heterocycles. The normalized spacial score (nSPS) is 10.1. The van der Waals surface area contributed by atoms with Crippen molar-refractivity contribution in [3.63, 3.8) is 0 Å². The summed E-state index contributed by atoms with van der Waals surface area (Å²) in [5.41, 5.74) is 0.0396. The van der Waals surface area contributed by atoms with Gasteiger partial charge in [-0.1, -0.05) is 0 Å². The van der Waals surface area contributed by atoms with Gasteiger partial charge in [0.15, 0.2) is 0 Å². The molecule has 0 aliphatic carbocycles. The molecule has 94 valence electrons. The van der Waals surface area contributed by atoms with E-state index in [9.17, 15) is 18.0 Å². The monoisotopic (exact) mass is 269 g/mol. The van der Waals surface area contributed by atoms with E-state index in [2.05, 4.69) is 17.6 Å². The molecule has 1 aromatic rings. The molecule has 0 atom stereocenters. The first-order valence-corrected chi connectivity index (χ1v) is 4.27. The van der Waals surface area contributed by atoms with Crippen molar-refractivity contribution in [2.24, 2.45) is 0 Å². The number of hydrogen-bond donors (Lipinski definition) is 3. The summed E-state index contributed by atoms with van der Waals surface area (Å²) in [5.74, 6) is -3.78. The summed E-state index contributed by atoms with van der Waals surface area (Å²) >= 11 is 3.94. The highest BCUT2D eigenvalue weighted by Crippen LogP contribution is 2.13.